The van der Waals surface area contributed by atoms with Gasteiger partial charge in [0.15, 0.2) is 11.7 Å². The van der Waals surface area contributed by atoms with E-state index in [9.17, 15) is 0 Å². The van der Waals surface area contributed by atoms with Crippen LogP contribution in [-0.4, -0.2) is 18.4 Å². The molecule has 58 heavy (non-hydrogen) atoms. The van der Waals surface area contributed by atoms with E-state index < -0.39 is 0 Å². The molecule has 0 amide bonds. The van der Waals surface area contributed by atoms with Gasteiger partial charge in [0.05, 0.1) is 0 Å². The molecule has 11 rings (SSSR count). The van der Waals surface area contributed by atoms with Crippen LogP contribution < -0.4 is 0 Å². The lowest BCUT2D eigenvalue weighted by atomic mass is 9.96. The minimum Gasteiger partial charge on any atom is -0.456 e. The molecule has 0 aliphatic carbocycles. The fourth-order valence-corrected chi connectivity index (χ4v) is 9.07. The van der Waals surface area contributed by atoms with Crippen molar-refractivity contribution in [2.24, 2.45) is 9.98 Å². The largest absolute Gasteiger partial charge is 0.456 e. The summed E-state index contributed by atoms with van der Waals surface area (Å²) >= 11 is 1.82. The quantitative estimate of drug-likeness (QED) is 0.143. The lowest BCUT2D eigenvalue weighted by Gasteiger charge is -2.07. The number of nitrogens with one attached hydrogen (secondary N) is 1. The van der Waals surface area contributed by atoms with Crippen LogP contribution in [0.5, 0.6) is 0 Å². The van der Waals surface area contributed by atoms with Crippen LogP contribution in [0.1, 0.15) is 16.7 Å². The van der Waals surface area contributed by atoms with Gasteiger partial charge in [-0.1, -0.05) is 140 Å². The predicted octanol–water partition coefficient (Wildman–Crippen LogP) is 14.7. The van der Waals surface area contributed by atoms with E-state index in [1.807, 2.05) is 90.2 Å². The molecule has 276 valence electrons. The van der Waals surface area contributed by atoms with Gasteiger partial charge >= 0.3 is 0 Å². The number of nitrogens with zero attached hydrogens (tertiary/aromatic N) is 2. The van der Waals surface area contributed by atoms with Crippen LogP contribution in [0, 0.1) is 12.3 Å². The number of para-hydroxylation sites is 2. The molecule has 3 heterocycles. The minimum absolute atomic E-state index is 0.107. The van der Waals surface area contributed by atoms with Crippen LogP contribution in [-0.2, 0) is 0 Å². The molecule has 0 bridgehead atoms. The second-order valence-electron chi connectivity index (χ2n) is 14.2. The second-order valence-corrected chi connectivity index (χ2v) is 15.3. The summed E-state index contributed by atoms with van der Waals surface area (Å²) in [6, 6.07) is 59.9. The number of hydrogen-bond acceptors (Lipinski definition) is 4. The third-order valence-corrected chi connectivity index (χ3v) is 11.8. The maximum absolute atomic E-state index is 8.97. The first-order valence-corrected chi connectivity index (χ1v) is 19.9. The predicted molar refractivity (Wildman–Crippen MR) is 245 cm³/mol. The summed E-state index contributed by atoms with van der Waals surface area (Å²) in [6.07, 6.45) is 0. The van der Waals surface area contributed by atoms with Crippen LogP contribution in [0.15, 0.2) is 195 Å². The summed E-state index contributed by atoms with van der Waals surface area (Å²) in [5.41, 5.74) is 10.9. The van der Waals surface area contributed by atoms with E-state index >= 15 is 0 Å². The van der Waals surface area contributed by atoms with Gasteiger partial charge in [-0.05, 0) is 77.9 Å². The molecular weight excluding hydrogens is 731 g/mol. The fraction of sp³-hybridized carbons (Fsp3) is 0.0192. The molecule has 0 radical (unpaired) electrons. The van der Waals surface area contributed by atoms with Crippen LogP contribution >= 0.6 is 11.3 Å². The molecule has 0 aliphatic heterocycles. The Balaban J connectivity index is 0.000000244. The van der Waals surface area contributed by atoms with E-state index in [1.54, 1.807) is 0 Å². The first kappa shape index (κ1) is 35.0. The number of hydrogen-bond donors (Lipinski definition) is 1. The number of amidine groups is 2. The van der Waals surface area contributed by atoms with E-state index in [0.29, 0.717) is 11.4 Å². The first-order chi connectivity index (χ1) is 28.5. The van der Waals surface area contributed by atoms with Gasteiger partial charge in [-0.2, -0.15) is 0 Å². The molecule has 6 heteroatoms. The summed E-state index contributed by atoms with van der Waals surface area (Å²) in [7, 11) is 0. The van der Waals surface area contributed by atoms with Crippen LogP contribution in [0.4, 0.5) is 0 Å². The highest BCUT2D eigenvalue weighted by atomic mass is 32.1. The maximum atomic E-state index is 8.97. The number of benzene rings is 8. The third-order valence-electron chi connectivity index (χ3n) is 10.7. The van der Waals surface area contributed by atoms with Crippen molar-refractivity contribution in [3.05, 3.63) is 193 Å². The molecular formula is C52H35N3O2S. The molecule has 0 aliphatic rings. The molecule has 0 unspecified atom stereocenters. The molecule has 5 nitrogen and oxygen atoms in total. The highest BCUT2D eigenvalue weighted by Gasteiger charge is 2.18. The number of fused-ring (bicyclic) bond motifs is 9. The van der Waals surface area contributed by atoms with Crippen LogP contribution in [0.3, 0.4) is 0 Å². The Hall–Kier alpha value is -7.41. The monoisotopic (exact) mass is 765 g/mol. The molecule has 8 aromatic carbocycles. The Labute approximate surface area is 338 Å². The molecule has 0 saturated heterocycles. The SMILES string of the molecule is C=NC(=NC(=N)c1cccc2oc3ccc(-c4cccc5sc6cc(-c7ccccc7)ccc6c45)cc3c12)c1ccccc1.Cc1cccc2c1oc1ccccc12. The molecule has 11 aromatic rings. The van der Waals surface area contributed by atoms with Crippen molar-refractivity contribution in [1.82, 2.24) is 0 Å². The van der Waals surface area contributed by atoms with Gasteiger partial charge in [-0.3, -0.25) is 5.41 Å². The number of aliphatic imine (C=N–C) groups is 2. The molecule has 0 spiro atoms. The maximum Gasteiger partial charge on any atom is 0.161 e. The van der Waals surface area contributed by atoms with Crippen molar-refractivity contribution in [2.75, 3.05) is 0 Å². The van der Waals surface area contributed by atoms with Gasteiger partial charge in [0, 0.05) is 52.8 Å². The van der Waals surface area contributed by atoms with Crippen molar-refractivity contribution in [2.45, 2.75) is 6.92 Å². The summed E-state index contributed by atoms with van der Waals surface area (Å²) < 4.78 is 14.6. The average Bonchev–Trinajstić information content (AvgIpc) is 3.98. The zero-order chi connectivity index (χ0) is 39.2. The molecule has 0 atom stereocenters. The average molecular weight is 766 g/mol. The Morgan fingerprint density at radius 2 is 1.24 bits per heavy atom. The first-order valence-electron chi connectivity index (χ1n) is 19.1. The Morgan fingerprint density at radius 1 is 0.534 bits per heavy atom. The zero-order valence-corrected chi connectivity index (χ0v) is 32.4. The third kappa shape index (κ3) is 6.17. The summed E-state index contributed by atoms with van der Waals surface area (Å²) in [5.74, 6) is 0.516. The standard InChI is InChI=1S/C39H25N3OS.C13H10O/c1-41-39(25-12-6-3-7-13-25)42-38(40)30-15-8-16-33-36(30)31-22-27(19-21-32(31)43-33)28-14-9-17-34-37(28)29-20-18-26(23-35(29)44-34)24-10-4-2-5-11-24;1-9-5-4-7-11-10-6-2-3-8-12(10)14-13(9)11/h2-23,40H,1H2;2-8H,1H3. The lowest BCUT2D eigenvalue weighted by molar-refractivity contribution is 0.666. The van der Waals surface area contributed by atoms with Gasteiger partial charge in [-0.25, -0.2) is 9.98 Å². The number of rotatable bonds is 4. The van der Waals surface area contributed by atoms with E-state index in [1.165, 1.54) is 53.2 Å². The fourth-order valence-electron chi connectivity index (χ4n) is 7.90. The molecule has 1 N–H and O–H groups in total. The summed E-state index contributed by atoms with van der Waals surface area (Å²) in [6.45, 7) is 5.77. The van der Waals surface area contributed by atoms with Crippen molar-refractivity contribution in [3.8, 4) is 22.3 Å². The Morgan fingerprint density at radius 3 is 2.09 bits per heavy atom. The summed E-state index contributed by atoms with van der Waals surface area (Å²) in [5, 5.41) is 15.7. The Bertz CT molecular complexity index is 3390. The van der Waals surface area contributed by atoms with E-state index in [-0.39, 0.29) is 5.84 Å². The van der Waals surface area contributed by atoms with Crippen molar-refractivity contribution >= 4 is 93.8 Å². The highest BCUT2D eigenvalue weighted by molar-refractivity contribution is 7.26. The Kier molecular flexibility index (Phi) is 8.81. The highest BCUT2D eigenvalue weighted by Crippen LogP contribution is 2.43. The summed E-state index contributed by atoms with van der Waals surface area (Å²) in [4.78, 5) is 8.70. The van der Waals surface area contributed by atoms with Crippen LogP contribution in [0.25, 0.3) is 86.3 Å². The van der Waals surface area contributed by atoms with Gasteiger partial charge in [-0.15, -0.1) is 11.3 Å². The number of aryl methyl sites for hydroxylation is 1. The minimum atomic E-state index is 0.107. The van der Waals surface area contributed by atoms with E-state index in [0.717, 1.165) is 44.2 Å². The van der Waals surface area contributed by atoms with Crippen LogP contribution in [0.2, 0.25) is 0 Å². The van der Waals surface area contributed by atoms with E-state index in [2.05, 4.69) is 121 Å². The molecule has 3 aromatic heterocycles. The van der Waals surface area contributed by atoms with Gasteiger partial charge in [0.1, 0.15) is 22.3 Å². The van der Waals surface area contributed by atoms with Gasteiger partial charge in [0.2, 0.25) is 0 Å². The van der Waals surface area contributed by atoms with Crippen molar-refractivity contribution < 1.29 is 8.83 Å². The normalized spacial score (nSPS) is 11.8. The zero-order valence-electron chi connectivity index (χ0n) is 31.6. The van der Waals surface area contributed by atoms with Gasteiger partial charge < -0.3 is 8.83 Å². The van der Waals surface area contributed by atoms with Gasteiger partial charge in [0.25, 0.3) is 0 Å². The topological polar surface area (TPSA) is 74.8 Å². The number of thiophene rings is 1. The lowest BCUT2D eigenvalue weighted by Crippen LogP contribution is -2.03. The van der Waals surface area contributed by atoms with Crippen molar-refractivity contribution in [3.63, 3.8) is 0 Å². The number of furan rings is 2. The molecule has 0 saturated carbocycles. The smallest absolute Gasteiger partial charge is 0.161 e. The second kappa shape index (κ2) is 14.6. The molecule has 0 fully saturated rings. The van der Waals surface area contributed by atoms with Crippen molar-refractivity contribution in [1.29, 1.82) is 5.41 Å². The van der Waals surface area contributed by atoms with E-state index in [4.69, 9.17) is 14.2 Å².